The third-order valence-electron chi connectivity index (χ3n) is 2.67. The van der Waals surface area contributed by atoms with Gasteiger partial charge in [0.2, 0.25) is 5.91 Å². The molecule has 0 spiro atoms. The van der Waals surface area contributed by atoms with E-state index in [2.05, 4.69) is 5.32 Å². The van der Waals surface area contributed by atoms with Crippen molar-refractivity contribution in [3.63, 3.8) is 0 Å². The van der Waals surface area contributed by atoms with E-state index in [9.17, 15) is 4.79 Å². The molecule has 0 aromatic heterocycles. The predicted molar refractivity (Wildman–Crippen MR) is 64.5 cm³/mol. The van der Waals surface area contributed by atoms with Gasteiger partial charge in [0.25, 0.3) is 0 Å². The number of para-hydroxylation sites is 1. The first-order valence-electron chi connectivity index (χ1n) is 5.35. The predicted octanol–water partition coefficient (Wildman–Crippen LogP) is 2.01. The second-order valence-corrected chi connectivity index (χ2v) is 4.45. The molecule has 0 saturated carbocycles. The Balaban J connectivity index is 2.91. The Kier molecular flexibility index (Phi) is 3.93. The SMILES string of the molecule is CNC(=O)C(C)(C)Cc1ccccc1OC. The third-order valence-corrected chi connectivity index (χ3v) is 2.67. The summed E-state index contributed by atoms with van der Waals surface area (Å²) in [4.78, 5) is 11.7. The van der Waals surface area contributed by atoms with E-state index >= 15 is 0 Å². The van der Waals surface area contributed by atoms with Gasteiger partial charge in [-0.05, 0) is 18.1 Å². The molecule has 0 aliphatic rings. The Morgan fingerprint density at radius 3 is 2.56 bits per heavy atom. The monoisotopic (exact) mass is 221 g/mol. The minimum atomic E-state index is -0.427. The van der Waals surface area contributed by atoms with Gasteiger partial charge in [0.05, 0.1) is 7.11 Å². The fraction of sp³-hybridized carbons (Fsp3) is 0.462. The third kappa shape index (κ3) is 2.75. The lowest BCUT2D eigenvalue weighted by molar-refractivity contribution is -0.128. The molecule has 0 bridgehead atoms. The Morgan fingerprint density at radius 1 is 1.38 bits per heavy atom. The van der Waals surface area contributed by atoms with Crippen LogP contribution in [0.5, 0.6) is 5.75 Å². The van der Waals surface area contributed by atoms with E-state index in [-0.39, 0.29) is 5.91 Å². The van der Waals surface area contributed by atoms with Crippen LogP contribution in [0.1, 0.15) is 19.4 Å². The van der Waals surface area contributed by atoms with Gasteiger partial charge in [-0.25, -0.2) is 0 Å². The maximum Gasteiger partial charge on any atom is 0.225 e. The first-order valence-corrected chi connectivity index (χ1v) is 5.35. The summed E-state index contributed by atoms with van der Waals surface area (Å²) in [5.74, 6) is 0.873. The highest BCUT2D eigenvalue weighted by atomic mass is 16.5. The quantitative estimate of drug-likeness (QED) is 0.844. The fourth-order valence-electron chi connectivity index (χ4n) is 1.74. The van der Waals surface area contributed by atoms with E-state index < -0.39 is 5.41 Å². The molecule has 0 heterocycles. The summed E-state index contributed by atoms with van der Waals surface area (Å²) in [6, 6.07) is 7.78. The highest BCUT2D eigenvalue weighted by Crippen LogP contribution is 2.27. The minimum absolute atomic E-state index is 0.0402. The molecule has 1 aromatic carbocycles. The molecule has 88 valence electrons. The molecule has 1 N–H and O–H groups in total. The lowest BCUT2D eigenvalue weighted by Crippen LogP contribution is -2.36. The zero-order valence-corrected chi connectivity index (χ0v) is 10.3. The van der Waals surface area contributed by atoms with Crippen molar-refractivity contribution in [3.8, 4) is 5.75 Å². The van der Waals surface area contributed by atoms with Crippen molar-refractivity contribution in [2.45, 2.75) is 20.3 Å². The van der Waals surface area contributed by atoms with E-state index in [0.29, 0.717) is 6.42 Å². The van der Waals surface area contributed by atoms with Crippen molar-refractivity contribution < 1.29 is 9.53 Å². The molecular weight excluding hydrogens is 202 g/mol. The lowest BCUT2D eigenvalue weighted by atomic mass is 9.84. The van der Waals surface area contributed by atoms with Crippen molar-refractivity contribution in [3.05, 3.63) is 29.8 Å². The molecule has 3 nitrogen and oxygen atoms in total. The molecule has 0 radical (unpaired) electrons. The Labute approximate surface area is 96.8 Å². The number of amides is 1. The zero-order chi connectivity index (χ0) is 12.2. The van der Waals surface area contributed by atoms with Crippen molar-refractivity contribution >= 4 is 5.91 Å². The number of carbonyl (C=O) groups excluding carboxylic acids is 1. The number of ether oxygens (including phenoxy) is 1. The number of carbonyl (C=O) groups is 1. The second kappa shape index (κ2) is 5.01. The number of hydrogen-bond donors (Lipinski definition) is 1. The van der Waals surface area contributed by atoms with Crippen LogP contribution in [0.15, 0.2) is 24.3 Å². The lowest BCUT2D eigenvalue weighted by Gasteiger charge is -2.23. The topological polar surface area (TPSA) is 38.3 Å². The van der Waals surface area contributed by atoms with Crippen LogP contribution in [0.4, 0.5) is 0 Å². The molecule has 0 aliphatic heterocycles. The molecular formula is C13H19NO2. The van der Waals surface area contributed by atoms with E-state index in [1.54, 1.807) is 14.2 Å². The van der Waals surface area contributed by atoms with Crippen LogP contribution in [0.3, 0.4) is 0 Å². The highest BCUT2D eigenvalue weighted by Gasteiger charge is 2.27. The molecule has 1 aromatic rings. The zero-order valence-electron chi connectivity index (χ0n) is 10.3. The minimum Gasteiger partial charge on any atom is -0.496 e. The van der Waals surface area contributed by atoms with Gasteiger partial charge in [-0.2, -0.15) is 0 Å². The van der Waals surface area contributed by atoms with Gasteiger partial charge in [-0.15, -0.1) is 0 Å². The summed E-state index contributed by atoms with van der Waals surface area (Å²) in [6.45, 7) is 3.86. The van der Waals surface area contributed by atoms with Crippen LogP contribution in [0.25, 0.3) is 0 Å². The average Bonchev–Trinajstić information content (AvgIpc) is 2.28. The van der Waals surface area contributed by atoms with Crippen molar-refractivity contribution in [2.75, 3.05) is 14.2 Å². The largest absolute Gasteiger partial charge is 0.496 e. The molecule has 0 saturated heterocycles. The Morgan fingerprint density at radius 2 is 2.00 bits per heavy atom. The average molecular weight is 221 g/mol. The molecule has 1 rings (SSSR count). The summed E-state index contributed by atoms with van der Waals surface area (Å²) >= 11 is 0. The molecule has 0 fully saturated rings. The van der Waals surface area contributed by atoms with Crippen LogP contribution in [0, 0.1) is 5.41 Å². The molecule has 3 heteroatoms. The summed E-state index contributed by atoms with van der Waals surface area (Å²) in [5.41, 5.74) is 0.627. The van der Waals surface area contributed by atoms with E-state index in [0.717, 1.165) is 11.3 Å². The molecule has 1 amide bonds. The molecule has 0 aliphatic carbocycles. The first-order chi connectivity index (χ1) is 7.51. The molecule has 16 heavy (non-hydrogen) atoms. The van der Waals surface area contributed by atoms with Crippen LogP contribution in [-0.2, 0) is 11.2 Å². The van der Waals surface area contributed by atoms with Crippen molar-refractivity contribution in [1.82, 2.24) is 5.32 Å². The number of methoxy groups -OCH3 is 1. The van der Waals surface area contributed by atoms with Gasteiger partial charge < -0.3 is 10.1 Å². The van der Waals surface area contributed by atoms with Crippen LogP contribution in [-0.4, -0.2) is 20.1 Å². The number of benzene rings is 1. The fourth-order valence-corrected chi connectivity index (χ4v) is 1.74. The van der Waals surface area contributed by atoms with Crippen molar-refractivity contribution in [2.24, 2.45) is 5.41 Å². The second-order valence-electron chi connectivity index (χ2n) is 4.45. The van der Waals surface area contributed by atoms with Gasteiger partial charge in [0.15, 0.2) is 0 Å². The molecule has 0 atom stereocenters. The highest BCUT2D eigenvalue weighted by molar-refractivity contribution is 5.81. The number of rotatable bonds is 4. The van der Waals surface area contributed by atoms with Gasteiger partial charge in [0, 0.05) is 12.5 Å². The first kappa shape index (κ1) is 12.6. The van der Waals surface area contributed by atoms with Crippen LogP contribution < -0.4 is 10.1 Å². The smallest absolute Gasteiger partial charge is 0.225 e. The summed E-state index contributed by atoms with van der Waals surface area (Å²) in [6.07, 6.45) is 0.663. The van der Waals surface area contributed by atoms with E-state index in [1.807, 2.05) is 38.1 Å². The van der Waals surface area contributed by atoms with Crippen LogP contribution in [0.2, 0.25) is 0 Å². The molecule has 0 unspecified atom stereocenters. The Hall–Kier alpha value is -1.51. The maximum atomic E-state index is 11.7. The normalized spacial score (nSPS) is 11.0. The van der Waals surface area contributed by atoms with E-state index in [4.69, 9.17) is 4.74 Å². The van der Waals surface area contributed by atoms with Gasteiger partial charge in [-0.1, -0.05) is 32.0 Å². The van der Waals surface area contributed by atoms with Crippen LogP contribution >= 0.6 is 0 Å². The number of hydrogen-bond acceptors (Lipinski definition) is 2. The Bertz CT molecular complexity index is 372. The van der Waals surface area contributed by atoms with Gasteiger partial charge in [-0.3, -0.25) is 4.79 Å². The maximum absolute atomic E-state index is 11.7. The van der Waals surface area contributed by atoms with Gasteiger partial charge >= 0.3 is 0 Å². The summed E-state index contributed by atoms with van der Waals surface area (Å²) in [5, 5.41) is 2.68. The van der Waals surface area contributed by atoms with E-state index in [1.165, 1.54) is 0 Å². The number of nitrogens with one attached hydrogen (secondary N) is 1. The van der Waals surface area contributed by atoms with Gasteiger partial charge in [0.1, 0.15) is 5.75 Å². The van der Waals surface area contributed by atoms with Crippen molar-refractivity contribution in [1.29, 1.82) is 0 Å². The standard InChI is InChI=1S/C13H19NO2/c1-13(2,12(15)14-3)9-10-7-5-6-8-11(10)16-4/h5-8H,9H2,1-4H3,(H,14,15). The summed E-state index contributed by atoms with van der Waals surface area (Å²) < 4.78 is 5.27. The summed E-state index contributed by atoms with van der Waals surface area (Å²) in [7, 11) is 3.30.